The molecule has 0 saturated carbocycles. The van der Waals surface area contributed by atoms with Gasteiger partial charge in [0.05, 0.1) is 11.8 Å². The topological polar surface area (TPSA) is 72.9 Å². The number of amides is 1. The molecule has 1 rings (SSSR count). The van der Waals surface area contributed by atoms with Gasteiger partial charge in [-0.05, 0) is 6.42 Å². The summed E-state index contributed by atoms with van der Waals surface area (Å²) >= 11 is 4.94. The van der Waals surface area contributed by atoms with Crippen molar-refractivity contribution >= 4 is 28.9 Å². The molecule has 0 aromatic carbocycles. The molecule has 0 spiro atoms. The van der Waals surface area contributed by atoms with E-state index in [0.29, 0.717) is 17.8 Å². The van der Waals surface area contributed by atoms with Crippen molar-refractivity contribution in [2.75, 3.05) is 5.32 Å². The van der Waals surface area contributed by atoms with Gasteiger partial charge in [-0.3, -0.25) is 9.48 Å². The molecule has 1 heterocycles. The zero-order valence-electron chi connectivity index (χ0n) is 12.3. The number of hydrogen-bond donors (Lipinski definition) is 2. The minimum Gasteiger partial charge on any atom is -0.389 e. The van der Waals surface area contributed by atoms with Gasteiger partial charge in [-0.1, -0.05) is 51.2 Å². The van der Waals surface area contributed by atoms with Crippen LogP contribution in [0.1, 0.15) is 57.4 Å². The summed E-state index contributed by atoms with van der Waals surface area (Å²) in [4.78, 5) is 12.1. The van der Waals surface area contributed by atoms with Gasteiger partial charge in [0.1, 0.15) is 10.8 Å². The van der Waals surface area contributed by atoms with Crippen LogP contribution in [0.5, 0.6) is 0 Å². The number of nitrogens with zero attached hydrogens (tertiary/aromatic N) is 2. The van der Waals surface area contributed by atoms with E-state index in [4.69, 9.17) is 18.0 Å². The second-order valence-electron chi connectivity index (χ2n) is 4.96. The maximum atomic E-state index is 11.9. The number of thiocarbonyl (C=S) groups is 1. The quantitative estimate of drug-likeness (QED) is 0.543. The van der Waals surface area contributed by atoms with E-state index in [0.717, 1.165) is 12.8 Å². The summed E-state index contributed by atoms with van der Waals surface area (Å²) in [6, 6.07) is 0. The summed E-state index contributed by atoms with van der Waals surface area (Å²) in [6.07, 6.45) is 9.07. The number of rotatable bonds is 9. The lowest BCUT2D eigenvalue weighted by molar-refractivity contribution is -0.116. The lowest BCUT2D eigenvalue weighted by Gasteiger charge is -2.07. The predicted octanol–water partition coefficient (Wildman–Crippen LogP) is 2.74. The summed E-state index contributed by atoms with van der Waals surface area (Å²) in [6.45, 7) is 2.20. The molecule has 0 unspecified atom stereocenters. The first kappa shape index (κ1) is 16.6. The van der Waals surface area contributed by atoms with Gasteiger partial charge in [0.25, 0.3) is 0 Å². The smallest absolute Gasteiger partial charge is 0.225 e. The maximum absolute atomic E-state index is 11.9. The average Bonchev–Trinajstić information content (AvgIpc) is 2.75. The van der Waals surface area contributed by atoms with Crippen LogP contribution < -0.4 is 11.1 Å². The second kappa shape index (κ2) is 8.68. The van der Waals surface area contributed by atoms with Crippen LogP contribution in [0.15, 0.2) is 6.20 Å². The number of carbonyl (C=O) groups is 1. The van der Waals surface area contributed by atoms with Crippen molar-refractivity contribution in [3.8, 4) is 0 Å². The number of aromatic nitrogens is 2. The average molecular weight is 296 g/mol. The molecular formula is C14H24N4OS. The Bertz CT molecular complexity index is 456. The molecule has 0 aliphatic heterocycles. The highest BCUT2D eigenvalue weighted by molar-refractivity contribution is 7.80. The standard InChI is InChI=1S/C14H24N4OS/c1-3-4-5-6-7-8-9-12(19)17-14-11(13(15)20)10-16-18(14)2/h10H,3-9H2,1-2H3,(H2,15,20)(H,17,19). The van der Waals surface area contributed by atoms with Crippen LogP contribution in [0, 0.1) is 0 Å². The fourth-order valence-electron chi connectivity index (χ4n) is 2.03. The number of nitrogens with one attached hydrogen (secondary N) is 1. The normalized spacial score (nSPS) is 10.5. The van der Waals surface area contributed by atoms with E-state index in [1.807, 2.05) is 0 Å². The maximum Gasteiger partial charge on any atom is 0.225 e. The molecule has 0 radical (unpaired) electrons. The molecular weight excluding hydrogens is 272 g/mol. The van der Waals surface area contributed by atoms with Crippen LogP contribution in [0.4, 0.5) is 5.82 Å². The van der Waals surface area contributed by atoms with Crippen LogP contribution in [0.2, 0.25) is 0 Å². The number of unbranched alkanes of at least 4 members (excludes halogenated alkanes) is 5. The fraction of sp³-hybridized carbons (Fsp3) is 0.643. The SMILES string of the molecule is CCCCCCCCC(=O)Nc1c(C(N)=S)cnn1C. The number of aryl methyl sites for hydroxylation is 1. The molecule has 1 aromatic heterocycles. The highest BCUT2D eigenvalue weighted by Crippen LogP contribution is 2.15. The highest BCUT2D eigenvalue weighted by atomic mass is 32.1. The Morgan fingerprint density at radius 2 is 2.00 bits per heavy atom. The third-order valence-corrected chi connectivity index (χ3v) is 3.44. The van der Waals surface area contributed by atoms with Crippen molar-refractivity contribution in [3.63, 3.8) is 0 Å². The Balaban J connectivity index is 2.36. The lowest BCUT2D eigenvalue weighted by Crippen LogP contribution is -2.18. The van der Waals surface area contributed by atoms with Gasteiger partial charge in [-0.2, -0.15) is 5.10 Å². The molecule has 20 heavy (non-hydrogen) atoms. The Labute approximate surface area is 125 Å². The summed E-state index contributed by atoms with van der Waals surface area (Å²) in [5.74, 6) is 0.565. The van der Waals surface area contributed by atoms with E-state index in [2.05, 4.69) is 17.3 Å². The first-order chi connectivity index (χ1) is 9.56. The number of carbonyl (C=O) groups excluding carboxylic acids is 1. The summed E-state index contributed by atoms with van der Waals surface area (Å²) in [7, 11) is 1.75. The highest BCUT2D eigenvalue weighted by Gasteiger charge is 2.13. The van der Waals surface area contributed by atoms with Crippen molar-refractivity contribution in [3.05, 3.63) is 11.8 Å². The fourth-order valence-corrected chi connectivity index (χ4v) is 2.18. The number of anilines is 1. The van der Waals surface area contributed by atoms with E-state index in [1.54, 1.807) is 17.9 Å². The summed E-state index contributed by atoms with van der Waals surface area (Å²) < 4.78 is 1.58. The van der Waals surface area contributed by atoms with Crippen LogP contribution in [0.3, 0.4) is 0 Å². The Hall–Kier alpha value is -1.43. The van der Waals surface area contributed by atoms with E-state index in [9.17, 15) is 4.79 Å². The van der Waals surface area contributed by atoms with Crippen molar-refractivity contribution < 1.29 is 4.79 Å². The molecule has 0 saturated heterocycles. The van der Waals surface area contributed by atoms with Gasteiger partial charge in [0.2, 0.25) is 5.91 Å². The summed E-state index contributed by atoms with van der Waals surface area (Å²) in [5.41, 5.74) is 6.21. The van der Waals surface area contributed by atoms with Crippen molar-refractivity contribution in [1.29, 1.82) is 0 Å². The second-order valence-corrected chi connectivity index (χ2v) is 5.40. The minimum atomic E-state index is -0.0124. The van der Waals surface area contributed by atoms with Gasteiger partial charge in [0, 0.05) is 13.5 Å². The van der Waals surface area contributed by atoms with Crippen LogP contribution in [-0.2, 0) is 11.8 Å². The Kier molecular flexibility index (Phi) is 7.22. The molecule has 5 nitrogen and oxygen atoms in total. The van der Waals surface area contributed by atoms with E-state index in [1.165, 1.54) is 25.7 Å². The third-order valence-electron chi connectivity index (χ3n) is 3.22. The van der Waals surface area contributed by atoms with Crippen molar-refractivity contribution in [2.45, 2.75) is 51.9 Å². The zero-order chi connectivity index (χ0) is 15.0. The molecule has 0 fully saturated rings. The largest absolute Gasteiger partial charge is 0.389 e. The Morgan fingerprint density at radius 1 is 1.35 bits per heavy atom. The van der Waals surface area contributed by atoms with Gasteiger partial charge < -0.3 is 11.1 Å². The van der Waals surface area contributed by atoms with Crippen molar-refractivity contribution in [2.24, 2.45) is 12.8 Å². The van der Waals surface area contributed by atoms with Crippen LogP contribution in [-0.4, -0.2) is 20.7 Å². The van der Waals surface area contributed by atoms with Crippen LogP contribution in [0.25, 0.3) is 0 Å². The Morgan fingerprint density at radius 3 is 2.65 bits per heavy atom. The van der Waals surface area contributed by atoms with Gasteiger partial charge >= 0.3 is 0 Å². The molecule has 1 aromatic rings. The molecule has 0 bridgehead atoms. The minimum absolute atomic E-state index is 0.0124. The molecule has 0 aliphatic rings. The number of hydrogen-bond acceptors (Lipinski definition) is 3. The van der Waals surface area contributed by atoms with E-state index < -0.39 is 0 Å². The molecule has 0 atom stereocenters. The number of nitrogens with two attached hydrogens (primary N) is 1. The van der Waals surface area contributed by atoms with E-state index >= 15 is 0 Å². The molecule has 112 valence electrons. The van der Waals surface area contributed by atoms with Crippen molar-refractivity contribution in [1.82, 2.24) is 9.78 Å². The first-order valence-electron chi connectivity index (χ1n) is 7.18. The monoisotopic (exact) mass is 296 g/mol. The van der Waals surface area contributed by atoms with Crippen LogP contribution >= 0.6 is 12.2 Å². The zero-order valence-corrected chi connectivity index (χ0v) is 13.1. The van der Waals surface area contributed by atoms with Gasteiger partial charge in [-0.25, -0.2) is 0 Å². The molecule has 6 heteroatoms. The molecule has 1 amide bonds. The third kappa shape index (κ3) is 5.28. The molecule has 3 N–H and O–H groups in total. The summed E-state index contributed by atoms with van der Waals surface area (Å²) in [5, 5.41) is 6.89. The van der Waals surface area contributed by atoms with Gasteiger partial charge in [0.15, 0.2) is 0 Å². The first-order valence-corrected chi connectivity index (χ1v) is 7.58. The van der Waals surface area contributed by atoms with Gasteiger partial charge in [-0.15, -0.1) is 0 Å². The predicted molar refractivity (Wildman–Crippen MR) is 85.7 cm³/mol. The molecule has 0 aliphatic carbocycles. The lowest BCUT2D eigenvalue weighted by atomic mass is 10.1. The van der Waals surface area contributed by atoms with E-state index in [-0.39, 0.29) is 10.9 Å².